The van der Waals surface area contributed by atoms with Gasteiger partial charge in [0.05, 0.1) is 0 Å². The minimum Gasteiger partial charge on any atom is -0.462 e. The number of hydrogen-bond acceptors (Lipinski definition) is 6. The van der Waals surface area contributed by atoms with Gasteiger partial charge in [0.2, 0.25) is 0 Å². The van der Waals surface area contributed by atoms with Crippen LogP contribution < -0.4 is 0 Å². The number of allylic oxidation sites excluding steroid dienone is 14. The molecule has 0 aromatic rings. The molecule has 0 N–H and O–H groups in total. The number of esters is 3. The van der Waals surface area contributed by atoms with Crippen molar-refractivity contribution in [3.05, 3.63) is 85.1 Å². The lowest BCUT2D eigenvalue weighted by atomic mass is 10.1. The molecule has 372 valence electrons. The van der Waals surface area contributed by atoms with Crippen molar-refractivity contribution in [2.75, 3.05) is 13.2 Å². The minimum absolute atomic E-state index is 0.103. The van der Waals surface area contributed by atoms with Gasteiger partial charge < -0.3 is 14.2 Å². The Hall–Kier alpha value is -3.41. The summed E-state index contributed by atoms with van der Waals surface area (Å²) in [5.41, 5.74) is 0. The van der Waals surface area contributed by atoms with Crippen LogP contribution in [0.25, 0.3) is 0 Å². The maximum absolute atomic E-state index is 12.8. The fourth-order valence-electron chi connectivity index (χ4n) is 7.21. The zero-order chi connectivity index (χ0) is 47.2. The largest absolute Gasteiger partial charge is 0.462 e. The van der Waals surface area contributed by atoms with Crippen LogP contribution in [-0.4, -0.2) is 37.2 Å². The average molecular weight is 905 g/mol. The van der Waals surface area contributed by atoms with Gasteiger partial charge in [-0.3, -0.25) is 14.4 Å². The van der Waals surface area contributed by atoms with Crippen LogP contribution in [0.1, 0.15) is 252 Å². The smallest absolute Gasteiger partial charge is 0.306 e. The molecule has 0 radical (unpaired) electrons. The van der Waals surface area contributed by atoms with Crippen molar-refractivity contribution < 1.29 is 28.6 Å². The number of hydrogen-bond donors (Lipinski definition) is 0. The van der Waals surface area contributed by atoms with Gasteiger partial charge in [-0.25, -0.2) is 0 Å². The van der Waals surface area contributed by atoms with E-state index in [1.807, 2.05) is 0 Å². The first kappa shape index (κ1) is 61.6. The molecule has 0 aliphatic carbocycles. The van der Waals surface area contributed by atoms with Gasteiger partial charge in [-0.1, -0.05) is 209 Å². The van der Waals surface area contributed by atoms with Gasteiger partial charge in [-0.15, -0.1) is 0 Å². The predicted molar refractivity (Wildman–Crippen MR) is 279 cm³/mol. The molecule has 0 aromatic heterocycles. The monoisotopic (exact) mass is 905 g/mol. The average Bonchev–Trinajstić information content (AvgIpc) is 3.30. The molecule has 0 aromatic carbocycles. The lowest BCUT2D eigenvalue weighted by molar-refractivity contribution is -0.167. The Balaban J connectivity index is 4.44. The van der Waals surface area contributed by atoms with Crippen molar-refractivity contribution in [3.8, 4) is 0 Å². The van der Waals surface area contributed by atoms with Crippen molar-refractivity contribution in [2.24, 2.45) is 0 Å². The fraction of sp³-hybridized carbons (Fsp3) is 0.712. The summed E-state index contributed by atoms with van der Waals surface area (Å²) in [6.07, 6.45) is 68.6. The summed E-state index contributed by atoms with van der Waals surface area (Å²) in [7, 11) is 0. The molecule has 1 atom stereocenters. The molecule has 0 saturated heterocycles. The molecule has 0 saturated carbocycles. The highest BCUT2D eigenvalue weighted by Gasteiger charge is 2.19. The first-order chi connectivity index (χ1) is 32.0. The first-order valence-corrected chi connectivity index (χ1v) is 27.1. The molecule has 0 aliphatic heterocycles. The standard InChI is InChI=1S/C59H100O6/c1-4-7-10-13-16-19-22-24-26-28-29-31-32-34-37-40-43-46-49-52-58(61)64-55-56(54-63-57(60)51-48-45-42-39-36-21-18-15-12-9-6-3)65-59(62)53-50-47-44-41-38-35-33-30-27-25-23-20-17-14-11-8-5-2/h15-20,24-27,33,35,41,44,56H,4-14,21-23,28-32,34,36-40,42-43,45-55H2,1-3H3/b18-15-,19-16-,20-17-,26-24-,27-25-,35-33-,44-41-/t56-/m1/s1. The van der Waals surface area contributed by atoms with Gasteiger partial charge in [-0.2, -0.15) is 0 Å². The Morgan fingerprint density at radius 3 is 0.969 bits per heavy atom. The molecular formula is C59H100O6. The third kappa shape index (κ3) is 51.4. The van der Waals surface area contributed by atoms with Crippen LogP contribution in [0.4, 0.5) is 0 Å². The number of rotatable bonds is 48. The van der Waals surface area contributed by atoms with E-state index in [0.29, 0.717) is 19.3 Å². The van der Waals surface area contributed by atoms with E-state index in [-0.39, 0.29) is 37.5 Å². The number of carbonyl (C=O) groups excluding carboxylic acids is 3. The van der Waals surface area contributed by atoms with Gasteiger partial charge >= 0.3 is 17.9 Å². The molecule has 65 heavy (non-hydrogen) atoms. The van der Waals surface area contributed by atoms with E-state index < -0.39 is 6.10 Å². The second-order valence-corrected chi connectivity index (χ2v) is 17.8. The van der Waals surface area contributed by atoms with Crippen LogP contribution in [0.5, 0.6) is 0 Å². The lowest BCUT2D eigenvalue weighted by Gasteiger charge is -2.18. The van der Waals surface area contributed by atoms with E-state index in [1.165, 1.54) is 122 Å². The van der Waals surface area contributed by atoms with Crippen LogP contribution in [0.15, 0.2) is 85.1 Å². The molecule has 0 rings (SSSR count). The van der Waals surface area contributed by atoms with Gasteiger partial charge in [0, 0.05) is 19.3 Å². The highest BCUT2D eigenvalue weighted by molar-refractivity contribution is 5.71. The molecule has 6 nitrogen and oxygen atoms in total. The minimum atomic E-state index is -0.810. The van der Waals surface area contributed by atoms with Crippen LogP contribution >= 0.6 is 0 Å². The molecule has 0 amide bonds. The van der Waals surface area contributed by atoms with Crippen molar-refractivity contribution in [1.82, 2.24) is 0 Å². The van der Waals surface area contributed by atoms with Gasteiger partial charge in [0.25, 0.3) is 0 Å². The highest BCUT2D eigenvalue weighted by Crippen LogP contribution is 2.14. The normalized spacial score (nSPS) is 12.7. The molecular weight excluding hydrogens is 805 g/mol. The van der Waals surface area contributed by atoms with Crippen LogP contribution in [0, 0.1) is 0 Å². The molecule has 0 aliphatic rings. The van der Waals surface area contributed by atoms with Crippen molar-refractivity contribution in [2.45, 2.75) is 258 Å². The van der Waals surface area contributed by atoms with Crippen LogP contribution in [0.3, 0.4) is 0 Å². The van der Waals surface area contributed by atoms with Gasteiger partial charge in [-0.05, 0) is 109 Å². The number of ether oxygens (including phenoxy) is 3. The van der Waals surface area contributed by atoms with E-state index in [2.05, 4.69) is 106 Å². The molecule has 0 unspecified atom stereocenters. The second kappa shape index (κ2) is 53.2. The van der Waals surface area contributed by atoms with Crippen LogP contribution in [-0.2, 0) is 28.6 Å². The Morgan fingerprint density at radius 2 is 0.585 bits per heavy atom. The van der Waals surface area contributed by atoms with Gasteiger partial charge in [0.15, 0.2) is 6.10 Å². The van der Waals surface area contributed by atoms with E-state index in [9.17, 15) is 14.4 Å². The van der Waals surface area contributed by atoms with Gasteiger partial charge in [0.1, 0.15) is 13.2 Å². The Labute approximate surface area is 401 Å². The predicted octanol–water partition coefficient (Wildman–Crippen LogP) is 18.0. The fourth-order valence-corrected chi connectivity index (χ4v) is 7.21. The summed E-state index contributed by atoms with van der Waals surface area (Å²) < 4.78 is 16.8. The first-order valence-electron chi connectivity index (χ1n) is 27.1. The molecule has 0 bridgehead atoms. The van der Waals surface area contributed by atoms with E-state index in [4.69, 9.17) is 14.2 Å². The molecule has 6 heteroatoms. The Bertz CT molecular complexity index is 1270. The summed E-state index contributed by atoms with van der Waals surface area (Å²) in [6, 6.07) is 0. The van der Waals surface area contributed by atoms with Crippen molar-refractivity contribution in [3.63, 3.8) is 0 Å². The van der Waals surface area contributed by atoms with Crippen molar-refractivity contribution in [1.29, 1.82) is 0 Å². The molecule has 0 spiro atoms. The van der Waals surface area contributed by atoms with Crippen LogP contribution in [0.2, 0.25) is 0 Å². The Morgan fingerprint density at radius 1 is 0.308 bits per heavy atom. The quantitative estimate of drug-likeness (QED) is 0.0262. The summed E-state index contributed by atoms with van der Waals surface area (Å²) in [4.78, 5) is 38.0. The van der Waals surface area contributed by atoms with Crippen molar-refractivity contribution >= 4 is 17.9 Å². The molecule has 0 heterocycles. The Kier molecular flexibility index (Phi) is 50.4. The maximum Gasteiger partial charge on any atom is 0.306 e. The SMILES string of the molecule is CCCC/C=C\CCCCCCCC(=O)OC[C@H](COC(=O)CCCCCCCCCCC/C=C\C/C=C\CCCCC)OC(=O)CCC/C=C\C/C=C\C/C=C\C/C=C\CCCCC. The van der Waals surface area contributed by atoms with E-state index in [1.54, 1.807) is 0 Å². The highest BCUT2D eigenvalue weighted by atomic mass is 16.6. The summed E-state index contributed by atoms with van der Waals surface area (Å²) in [5, 5.41) is 0. The third-order valence-corrected chi connectivity index (χ3v) is 11.3. The van der Waals surface area contributed by atoms with E-state index in [0.717, 1.165) is 83.5 Å². The summed E-state index contributed by atoms with van der Waals surface area (Å²) in [6.45, 7) is 6.49. The number of unbranched alkanes of at least 4 members (excludes halogenated alkanes) is 23. The number of carbonyl (C=O) groups is 3. The zero-order valence-corrected chi connectivity index (χ0v) is 42.5. The van der Waals surface area contributed by atoms with E-state index >= 15 is 0 Å². The zero-order valence-electron chi connectivity index (χ0n) is 42.5. The molecule has 0 fully saturated rings. The lowest BCUT2D eigenvalue weighted by Crippen LogP contribution is -2.30. The summed E-state index contributed by atoms with van der Waals surface area (Å²) in [5.74, 6) is -0.973. The third-order valence-electron chi connectivity index (χ3n) is 11.3. The second-order valence-electron chi connectivity index (χ2n) is 17.8. The maximum atomic E-state index is 12.8. The summed E-state index contributed by atoms with van der Waals surface area (Å²) >= 11 is 0. The topological polar surface area (TPSA) is 78.9 Å².